The summed E-state index contributed by atoms with van der Waals surface area (Å²) in [6.07, 6.45) is 15.2. The van der Waals surface area contributed by atoms with E-state index in [1.165, 1.54) is 27.3 Å². The quantitative estimate of drug-likeness (QED) is 0.107. The summed E-state index contributed by atoms with van der Waals surface area (Å²) in [6.45, 7) is 1.35. The van der Waals surface area contributed by atoms with Gasteiger partial charge in [-0.15, -0.1) is 22.7 Å². The average Bonchev–Trinajstić information content (AvgIpc) is 3.89. The summed E-state index contributed by atoms with van der Waals surface area (Å²) in [5.74, 6) is 0. The average molecular weight is 705 g/mol. The third-order valence-electron chi connectivity index (χ3n) is 9.31. The number of allylic oxidation sites excluding steroid dienone is 2. The number of hydrogen-bond donors (Lipinski definition) is 1. The molecule has 1 N–H and O–H groups in total. The van der Waals surface area contributed by atoms with Crippen LogP contribution in [0.1, 0.15) is 64.0 Å². The first-order valence-electron chi connectivity index (χ1n) is 16.7. The zero-order valence-electron chi connectivity index (χ0n) is 27.0. The third kappa shape index (κ3) is 6.53. The van der Waals surface area contributed by atoms with Gasteiger partial charge >= 0.3 is 10.1 Å². The largest absolute Gasteiger partial charge is 0.304 e. The lowest BCUT2D eigenvalue weighted by Gasteiger charge is -2.15. The SMILES string of the molecule is O=S(=O)(O)c1cc2c(s1)-c1c(c(C=CCCCC=Cc3nn(Cc4ccccc4)c4c3CCc3ccsc3-4)nn1Cc1ccccc1)CC2. The number of hydrogen-bond acceptors (Lipinski definition) is 6. The van der Waals surface area contributed by atoms with Crippen molar-refractivity contribution >= 4 is 44.9 Å². The predicted molar refractivity (Wildman–Crippen MR) is 199 cm³/mol. The highest BCUT2D eigenvalue weighted by molar-refractivity contribution is 7.88. The minimum Gasteiger partial charge on any atom is -0.281 e. The van der Waals surface area contributed by atoms with Crippen LogP contribution in [0, 0.1) is 0 Å². The minimum atomic E-state index is -4.27. The molecule has 248 valence electrons. The highest BCUT2D eigenvalue weighted by atomic mass is 32.3. The summed E-state index contributed by atoms with van der Waals surface area (Å²) in [7, 11) is -4.27. The van der Waals surface area contributed by atoms with Crippen LogP contribution in [0.2, 0.25) is 0 Å². The molecule has 0 bridgehead atoms. The van der Waals surface area contributed by atoms with Gasteiger partial charge in [0.2, 0.25) is 0 Å². The molecule has 0 spiro atoms. The van der Waals surface area contributed by atoms with Crippen LogP contribution in [-0.2, 0) is 48.9 Å². The zero-order chi connectivity index (χ0) is 33.4. The molecule has 7 nitrogen and oxygen atoms in total. The van der Waals surface area contributed by atoms with Crippen LogP contribution in [0.3, 0.4) is 0 Å². The topological polar surface area (TPSA) is 90.0 Å². The van der Waals surface area contributed by atoms with Gasteiger partial charge in [0, 0.05) is 11.1 Å². The van der Waals surface area contributed by atoms with E-state index in [0.29, 0.717) is 6.54 Å². The Balaban J connectivity index is 0.979. The molecule has 49 heavy (non-hydrogen) atoms. The Morgan fingerprint density at radius 1 is 0.714 bits per heavy atom. The molecule has 8 rings (SSSR count). The smallest absolute Gasteiger partial charge is 0.281 e. The first-order valence-corrected chi connectivity index (χ1v) is 19.8. The first-order chi connectivity index (χ1) is 23.9. The summed E-state index contributed by atoms with van der Waals surface area (Å²) in [5.41, 5.74) is 11.5. The Morgan fingerprint density at radius 2 is 1.27 bits per heavy atom. The van der Waals surface area contributed by atoms with Crippen LogP contribution in [0.25, 0.3) is 33.3 Å². The van der Waals surface area contributed by atoms with Crippen molar-refractivity contribution in [1.82, 2.24) is 19.6 Å². The van der Waals surface area contributed by atoms with Gasteiger partial charge in [-0.25, -0.2) is 0 Å². The number of rotatable bonds is 11. The molecule has 0 saturated carbocycles. The predicted octanol–water partition coefficient (Wildman–Crippen LogP) is 8.97. The van der Waals surface area contributed by atoms with Gasteiger partial charge < -0.3 is 0 Å². The first kappa shape index (κ1) is 31.9. The molecule has 2 aliphatic rings. The third-order valence-corrected chi connectivity index (χ3v) is 12.8. The van der Waals surface area contributed by atoms with E-state index in [-0.39, 0.29) is 4.21 Å². The molecule has 2 aliphatic carbocycles. The van der Waals surface area contributed by atoms with Crippen molar-refractivity contribution < 1.29 is 13.0 Å². The van der Waals surface area contributed by atoms with Crippen molar-refractivity contribution in [3.63, 3.8) is 0 Å². The molecule has 0 atom stereocenters. The number of unbranched alkanes of at least 4 members (excludes halogenated alkanes) is 2. The second-order valence-corrected chi connectivity index (χ2v) is 16.2. The Labute approximate surface area is 294 Å². The number of benzene rings is 2. The van der Waals surface area contributed by atoms with Crippen LogP contribution in [-0.4, -0.2) is 32.5 Å². The molecule has 4 aromatic heterocycles. The van der Waals surface area contributed by atoms with Crippen molar-refractivity contribution in [3.05, 3.63) is 135 Å². The summed E-state index contributed by atoms with van der Waals surface area (Å²) in [5, 5.41) is 12.3. The summed E-state index contributed by atoms with van der Waals surface area (Å²) < 4.78 is 37.8. The Hall–Kier alpha value is -4.35. The van der Waals surface area contributed by atoms with Gasteiger partial charge in [-0.3, -0.25) is 13.9 Å². The summed E-state index contributed by atoms with van der Waals surface area (Å²) >= 11 is 2.95. The van der Waals surface area contributed by atoms with Crippen LogP contribution in [0.5, 0.6) is 0 Å². The molecule has 0 amide bonds. The molecule has 6 aromatic rings. The van der Waals surface area contributed by atoms with E-state index in [4.69, 9.17) is 10.2 Å². The number of thiophene rings is 2. The number of aryl methyl sites for hydroxylation is 2. The van der Waals surface area contributed by atoms with Crippen LogP contribution in [0.4, 0.5) is 0 Å². The van der Waals surface area contributed by atoms with Crippen LogP contribution < -0.4 is 0 Å². The van der Waals surface area contributed by atoms with Gasteiger partial charge in [0.25, 0.3) is 0 Å². The van der Waals surface area contributed by atoms with E-state index >= 15 is 0 Å². The number of fused-ring (bicyclic) bond motifs is 6. The van der Waals surface area contributed by atoms with Crippen molar-refractivity contribution in [2.24, 2.45) is 0 Å². The van der Waals surface area contributed by atoms with Crippen molar-refractivity contribution in [2.75, 3.05) is 0 Å². The maximum Gasteiger partial charge on any atom is 0.304 e. The molecule has 0 aliphatic heterocycles. The van der Waals surface area contributed by atoms with Crippen molar-refractivity contribution in [3.8, 4) is 21.1 Å². The van der Waals surface area contributed by atoms with Crippen molar-refractivity contribution in [2.45, 2.75) is 62.2 Å². The van der Waals surface area contributed by atoms with E-state index in [2.05, 4.69) is 82.9 Å². The van der Waals surface area contributed by atoms with Crippen molar-refractivity contribution in [1.29, 1.82) is 0 Å². The molecule has 10 heteroatoms. The number of nitrogens with zero attached hydrogens (tertiary/aromatic N) is 4. The van der Waals surface area contributed by atoms with Gasteiger partial charge in [0.05, 0.1) is 45.6 Å². The van der Waals surface area contributed by atoms with Gasteiger partial charge in [0.1, 0.15) is 4.21 Å². The lowest BCUT2D eigenvalue weighted by molar-refractivity contribution is 0.485. The van der Waals surface area contributed by atoms with Crippen LogP contribution >= 0.6 is 22.7 Å². The lowest BCUT2D eigenvalue weighted by Crippen LogP contribution is -2.07. The zero-order valence-corrected chi connectivity index (χ0v) is 29.4. The summed E-state index contributed by atoms with van der Waals surface area (Å²) in [6, 6.07) is 24.6. The summed E-state index contributed by atoms with van der Waals surface area (Å²) in [4.78, 5) is 2.24. The van der Waals surface area contributed by atoms with Gasteiger partial charge in [0.15, 0.2) is 0 Å². The molecule has 0 fully saturated rings. The highest BCUT2D eigenvalue weighted by Crippen LogP contribution is 2.43. The number of aromatic nitrogens is 4. The monoisotopic (exact) mass is 704 g/mol. The molecule has 0 radical (unpaired) electrons. The second kappa shape index (κ2) is 13.5. The molecule has 4 heterocycles. The Kier molecular flexibility index (Phi) is 8.80. The van der Waals surface area contributed by atoms with E-state index in [1.54, 1.807) is 6.07 Å². The molecule has 0 unspecified atom stereocenters. The maximum atomic E-state index is 12.0. The fourth-order valence-electron chi connectivity index (χ4n) is 6.97. The maximum absolute atomic E-state index is 12.0. The fraction of sp³-hybridized carbons (Fsp3) is 0.231. The molecule has 0 saturated heterocycles. The Morgan fingerprint density at radius 3 is 1.84 bits per heavy atom. The standard InChI is InChI=1S/C39H36N4O3S3/c44-49(45,46)35-24-30-19-21-32-34(41-43(37(32)39(30)48-35)26-28-14-8-5-9-15-28)17-11-3-1-2-10-16-33-31-20-18-29-22-23-47-38(29)36(31)42(40-33)25-27-12-6-4-7-13-27/h4-17,22-24H,1-3,18-21,25-26H2,(H,44,45,46). The van der Waals surface area contributed by atoms with Gasteiger partial charge in [-0.05, 0) is 96.9 Å². The van der Waals surface area contributed by atoms with Crippen LogP contribution in [0.15, 0.2) is 94.5 Å². The van der Waals surface area contributed by atoms with E-state index in [1.807, 2.05) is 34.2 Å². The normalized spacial score (nSPS) is 13.9. The molecular weight excluding hydrogens is 669 g/mol. The molecule has 2 aromatic carbocycles. The van der Waals surface area contributed by atoms with E-state index in [9.17, 15) is 13.0 Å². The van der Waals surface area contributed by atoms with E-state index < -0.39 is 10.1 Å². The minimum absolute atomic E-state index is 0.0114. The lowest BCUT2D eigenvalue weighted by atomic mass is 9.94. The van der Waals surface area contributed by atoms with Gasteiger partial charge in [-0.2, -0.15) is 18.6 Å². The molecular formula is C39H36N4O3S3. The van der Waals surface area contributed by atoms with Gasteiger partial charge in [-0.1, -0.05) is 72.8 Å². The Bertz CT molecular complexity index is 2290. The fourth-order valence-corrected chi connectivity index (χ4v) is 9.98. The second-order valence-electron chi connectivity index (χ2n) is 12.6. The van der Waals surface area contributed by atoms with E-state index in [0.717, 1.165) is 101 Å². The highest BCUT2D eigenvalue weighted by Gasteiger charge is 2.29.